The van der Waals surface area contributed by atoms with Gasteiger partial charge in [-0.1, -0.05) is 46.8 Å². The fourth-order valence-electron chi connectivity index (χ4n) is 6.82. The lowest BCUT2D eigenvalue weighted by atomic mass is 9.67. The molecular weight excluding hydrogens is 268 g/mol. The van der Waals surface area contributed by atoms with Crippen molar-refractivity contribution in [2.24, 2.45) is 34.5 Å². The molecule has 0 aromatic carbocycles. The lowest BCUT2D eigenvalue weighted by molar-refractivity contribution is -0.110. The van der Waals surface area contributed by atoms with E-state index in [1.807, 2.05) is 0 Å². The molecule has 0 aromatic rings. The maximum absolute atomic E-state index is 6.90. The summed E-state index contributed by atoms with van der Waals surface area (Å²) in [4.78, 5) is 0. The van der Waals surface area contributed by atoms with Crippen LogP contribution in [-0.4, -0.2) is 11.7 Å². The SMILES string of the molecule is CC1C(C)(C)C2CCC3CC3(OC3C=CCCC3)C2C1(C)C. The Morgan fingerprint density at radius 3 is 2.45 bits per heavy atom. The summed E-state index contributed by atoms with van der Waals surface area (Å²) < 4.78 is 6.90. The Balaban J connectivity index is 1.66. The summed E-state index contributed by atoms with van der Waals surface area (Å²) in [6.45, 7) is 12.6. The molecule has 22 heavy (non-hydrogen) atoms. The molecule has 0 heterocycles. The van der Waals surface area contributed by atoms with Crippen LogP contribution in [0.3, 0.4) is 0 Å². The minimum absolute atomic E-state index is 0.223. The van der Waals surface area contributed by atoms with Crippen LogP contribution in [0, 0.1) is 34.5 Å². The zero-order valence-corrected chi connectivity index (χ0v) is 15.2. The zero-order valence-electron chi connectivity index (χ0n) is 15.2. The molecular formula is C21H34O. The average Bonchev–Trinajstić information content (AvgIpc) is 3.16. The maximum atomic E-state index is 6.90. The quantitative estimate of drug-likeness (QED) is 0.603. The Hall–Kier alpha value is -0.300. The van der Waals surface area contributed by atoms with E-state index in [9.17, 15) is 0 Å². The molecule has 6 atom stereocenters. The zero-order chi connectivity index (χ0) is 15.8. The van der Waals surface area contributed by atoms with Crippen LogP contribution >= 0.6 is 0 Å². The first-order chi connectivity index (χ1) is 10.3. The third kappa shape index (κ3) is 1.87. The van der Waals surface area contributed by atoms with Crippen LogP contribution in [0.2, 0.25) is 0 Å². The van der Waals surface area contributed by atoms with Gasteiger partial charge in [0.15, 0.2) is 0 Å². The molecule has 1 heteroatoms. The molecule has 1 nitrogen and oxygen atoms in total. The first-order valence-electron chi connectivity index (χ1n) is 9.64. The molecule has 6 unspecified atom stereocenters. The summed E-state index contributed by atoms with van der Waals surface area (Å²) in [7, 11) is 0. The van der Waals surface area contributed by atoms with Gasteiger partial charge in [0.2, 0.25) is 0 Å². The van der Waals surface area contributed by atoms with E-state index in [1.165, 1.54) is 38.5 Å². The summed E-state index contributed by atoms with van der Waals surface area (Å²) in [6.07, 6.45) is 13.1. The van der Waals surface area contributed by atoms with E-state index in [2.05, 4.69) is 46.8 Å². The number of rotatable bonds is 2. The fraction of sp³-hybridized carbons (Fsp3) is 0.905. The van der Waals surface area contributed by atoms with Crippen molar-refractivity contribution < 1.29 is 4.74 Å². The van der Waals surface area contributed by atoms with Crippen molar-refractivity contribution in [3.05, 3.63) is 12.2 Å². The molecule has 0 aromatic heterocycles. The number of ether oxygens (including phenoxy) is 1. The Morgan fingerprint density at radius 1 is 1.00 bits per heavy atom. The monoisotopic (exact) mass is 302 g/mol. The Bertz CT molecular complexity index is 488. The molecule has 0 spiro atoms. The smallest absolute Gasteiger partial charge is 0.0763 e. The first kappa shape index (κ1) is 15.2. The van der Waals surface area contributed by atoms with Gasteiger partial charge in [-0.05, 0) is 73.0 Å². The van der Waals surface area contributed by atoms with Gasteiger partial charge in [0.1, 0.15) is 0 Å². The van der Waals surface area contributed by atoms with Crippen LogP contribution in [0.4, 0.5) is 0 Å². The third-order valence-electron chi connectivity index (χ3n) is 8.42. The molecule has 3 fully saturated rings. The Labute approximate surface area is 136 Å². The van der Waals surface area contributed by atoms with Crippen molar-refractivity contribution in [1.82, 2.24) is 0 Å². The average molecular weight is 303 g/mol. The van der Waals surface area contributed by atoms with Crippen molar-refractivity contribution in [3.63, 3.8) is 0 Å². The Kier molecular flexibility index (Phi) is 3.20. The second kappa shape index (κ2) is 4.62. The highest BCUT2D eigenvalue weighted by Crippen LogP contribution is 2.74. The topological polar surface area (TPSA) is 9.23 Å². The van der Waals surface area contributed by atoms with E-state index < -0.39 is 0 Å². The molecule has 0 saturated heterocycles. The van der Waals surface area contributed by atoms with E-state index in [1.54, 1.807) is 0 Å². The predicted molar refractivity (Wildman–Crippen MR) is 91.6 cm³/mol. The molecule has 0 amide bonds. The van der Waals surface area contributed by atoms with Crippen LogP contribution < -0.4 is 0 Å². The van der Waals surface area contributed by atoms with Gasteiger partial charge in [0.05, 0.1) is 11.7 Å². The largest absolute Gasteiger partial charge is 0.367 e. The minimum Gasteiger partial charge on any atom is -0.367 e. The number of allylic oxidation sites excluding steroid dienone is 1. The highest BCUT2D eigenvalue weighted by molar-refractivity contribution is 5.23. The molecule has 4 aliphatic rings. The van der Waals surface area contributed by atoms with Gasteiger partial charge in [-0.15, -0.1) is 0 Å². The molecule has 4 aliphatic carbocycles. The summed E-state index contributed by atoms with van der Waals surface area (Å²) in [6, 6.07) is 0. The highest BCUT2D eigenvalue weighted by atomic mass is 16.5. The normalized spacial score (nSPS) is 51.2. The van der Waals surface area contributed by atoms with Crippen molar-refractivity contribution in [1.29, 1.82) is 0 Å². The first-order valence-corrected chi connectivity index (χ1v) is 9.64. The summed E-state index contributed by atoms with van der Waals surface area (Å²) >= 11 is 0. The molecule has 0 N–H and O–H groups in total. The maximum Gasteiger partial charge on any atom is 0.0763 e. The Morgan fingerprint density at radius 2 is 1.77 bits per heavy atom. The van der Waals surface area contributed by atoms with E-state index >= 15 is 0 Å². The molecule has 3 saturated carbocycles. The van der Waals surface area contributed by atoms with E-state index in [0.717, 1.165) is 23.7 Å². The van der Waals surface area contributed by atoms with Crippen LogP contribution in [0.5, 0.6) is 0 Å². The number of fused-ring (bicyclic) bond motifs is 3. The van der Waals surface area contributed by atoms with Gasteiger partial charge >= 0.3 is 0 Å². The molecule has 124 valence electrons. The van der Waals surface area contributed by atoms with Gasteiger partial charge in [0, 0.05) is 0 Å². The van der Waals surface area contributed by atoms with Crippen LogP contribution in [0.15, 0.2) is 12.2 Å². The fourth-order valence-corrected chi connectivity index (χ4v) is 6.82. The third-order valence-corrected chi connectivity index (χ3v) is 8.42. The highest BCUT2D eigenvalue weighted by Gasteiger charge is 2.73. The minimum atomic E-state index is 0.223. The van der Waals surface area contributed by atoms with E-state index in [0.29, 0.717) is 16.9 Å². The van der Waals surface area contributed by atoms with Crippen LogP contribution in [0.1, 0.15) is 73.1 Å². The van der Waals surface area contributed by atoms with Crippen LogP contribution in [-0.2, 0) is 4.74 Å². The van der Waals surface area contributed by atoms with Crippen molar-refractivity contribution in [2.45, 2.75) is 84.8 Å². The van der Waals surface area contributed by atoms with Gasteiger partial charge < -0.3 is 4.74 Å². The molecule has 0 aliphatic heterocycles. The second-order valence-corrected chi connectivity index (χ2v) is 9.90. The predicted octanol–water partition coefficient (Wildman–Crippen LogP) is 5.60. The van der Waals surface area contributed by atoms with Gasteiger partial charge in [-0.3, -0.25) is 0 Å². The standard InChI is InChI=1S/C21H34O/c1-14-19(2,3)17-12-11-15-13-21(15,18(17)20(14,4)5)22-16-9-7-6-8-10-16/h7,9,14-18H,6,8,10-13H2,1-5H3. The van der Waals surface area contributed by atoms with E-state index in [-0.39, 0.29) is 5.60 Å². The van der Waals surface area contributed by atoms with Gasteiger partial charge in [0.25, 0.3) is 0 Å². The summed E-state index contributed by atoms with van der Waals surface area (Å²) in [5.41, 5.74) is 1.09. The van der Waals surface area contributed by atoms with E-state index in [4.69, 9.17) is 4.74 Å². The van der Waals surface area contributed by atoms with Gasteiger partial charge in [-0.2, -0.15) is 0 Å². The molecule has 0 bridgehead atoms. The number of hydrogen-bond donors (Lipinski definition) is 0. The van der Waals surface area contributed by atoms with Crippen molar-refractivity contribution in [3.8, 4) is 0 Å². The number of hydrogen-bond acceptors (Lipinski definition) is 1. The summed E-state index contributed by atoms with van der Waals surface area (Å²) in [5.74, 6) is 3.24. The lowest BCUT2D eigenvalue weighted by Crippen LogP contribution is -2.45. The molecule has 0 radical (unpaired) electrons. The van der Waals surface area contributed by atoms with Crippen molar-refractivity contribution in [2.75, 3.05) is 0 Å². The van der Waals surface area contributed by atoms with Crippen LogP contribution in [0.25, 0.3) is 0 Å². The molecule has 4 rings (SSSR count). The van der Waals surface area contributed by atoms with Crippen molar-refractivity contribution >= 4 is 0 Å². The van der Waals surface area contributed by atoms with Gasteiger partial charge in [-0.25, -0.2) is 0 Å². The summed E-state index contributed by atoms with van der Waals surface area (Å²) in [5, 5.41) is 0. The second-order valence-electron chi connectivity index (χ2n) is 9.90. The lowest BCUT2D eigenvalue weighted by Gasteiger charge is -2.44.